The van der Waals surface area contributed by atoms with Crippen molar-refractivity contribution in [1.29, 1.82) is 0 Å². The fraction of sp³-hybridized carbons (Fsp3) is 0.833. The van der Waals surface area contributed by atoms with Gasteiger partial charge in [0.15, 0.2) is 14.1 Å². The molecule has 0 saturated heterocycles. The lowest BCUT2D eigenvalue weighted by Crippen LogP contribution is -2.66. The second kappa shape index (κ2) is 5.62. The first kappa shape index (κ1) is 17.0. The highest BCUT2D eigenvalue weighted by molar-refractivity contribution is 6.70. The standard InChI is InChI=1S/C18H28O4Si/c1-23(2,3)22-18(9-6-10-19)15(20)12-13-11-14-7-4-5-8-17(14,18)16(13)21/h10,13-14H,4-9,11-12H2,1-3H3/t13-,14+,17-,18+/m1/s1. The number of aldehydes is 1. The molecule has 0 aromatic carbocycles. The molecule has 3 aliphatic carbocycles. The SMILES string of the molecule is C[Si](C)(C)O[C@@]1(CCC=O)C(=O)C[C@H]2C[C@@H]3CCCC[C@]31C2=O. The van der Waals surface area contributed by atoms with E-state index in [0.29, 0.717) is 19.3 Å². The summed E-state index contributed by atoms with van der Waals surface area (Å²) in [5.74, 6) is 0.533. The van der Waals surface area contributed by atoms with Crippen molar-refractivity contribution in [1.82, 2.24) is 0 Å². The molecule has 0 unspecified atom stereocenters. The van der Waals surface area contributed by atoms with E-state index in [2.05, 4.69) is 19.6 Å². The van der Waals surface area contributed by atoms with Crippen molar-refractivity contribution in [2.45, 2.75) is 76.6 Å². The number of ketones is 2. The number of fused-ring (bicyclic) bond motifs is 1. The third-order valence-electron chi connectivity index (χ3n) is 6.15. The Balaban J connectivity index is 2.14. The van der Waals surface area contributed by atoms with Gasteiger partial charge < -0.3 is 9.22 Å². The summed E-state index contributed by atoms with van der Waals surface area (Å²) in [5, 5.41) is 0. The van der Waals surface area contributed by atoms with E-state index in [9.17, 15) is 14.4 Å². The fourth-order valence-electron chi connectivity index (χ4n) is 5.59. The molecule has 3 saturated carbocycles. The second-order valence-corrected chi connectivity index (χ2v) is 13.0. The van der Waals surface area contributed by atoms with E-state index in [1.165, 1.54) is 0 Å². The van der Waals surface area contributed by atoms with Gasteiger partial charge in [0.05, 0.1) is 5.41 Å². The van der Waals surface area contributed by atoms with E-state index < -0.39 is 19.3 Å². The molecule has 0 aromatic heterocycles. The summed E-state index contributed by atoms with van der Waals surface area (Å²) < 4.78 is 6.55. The van der Waals surface area contributed by atoms with Crippen molar-refractivity contribution in [3.63, 3.8) is 0 Å². The van der Waals surface area contributed by atoms with Crippen molar-refractivity contribution in [3.05, 3.63) is 0 Å². The van der Waals surface area contributed by atoms with Gasteiger partial charge in [-0.2, -0.15) is 0 Å². The Kier molecular flexibility index (Phi) is 4.16. The van der Waals surface area contributed by atoms with Crippen LogP contribution in [0.15, 0.2) is 0 Å². The largest absolute Gasteiger partial charge is 0.404 e. The smallest absolute Gasteiger partial charge is 0.185 e. The lowest BCUT2D eigenvalue weighted by atomic mass is 9.54. The van der Waals surface area contributed by atoms with Crippen molar-refractivity contribution in [2.75, 3.05) is 0 Å². The molecule has 23 heavy (non-hydrogen) atoms. The quantitative estimate of drug-likeness (QED) is 0.571. The summed E-state index contributed by atoms with van der Waals surface area (Å²) in [6, 6.07) is 0. The molecule has 3 aliphatic rings. The third-order valence-corrected chi connectivity index (χ3v) is 7.11. The zero-order valence-corrected chi connectivity index (χ0v) is 15.5. The number of Topliss-reactive ketones (excluding diaryl/α,β-unsaturated/α-hetero) is 2. The van der Waals surface area contributed by atoms with E-state index in [1.807, 2.05) is 0 Å². The minimum absolute atomic E-state index is 0.0933. The molecule has 3 rings (SSSR count). The molecule has 0 radical (unpaired) electrons. The number of carbonyl (C=O) groups excluding carboxylic acids is 3. The predicted octanol–water partition coefficient (Wildman–Crippen LogP) is 3.29. The van der Waals surface area contributed by atoms with Gasteiger partial charge in [-0.05, 0) is 51.2 Å². The molecule has 128 valence electrons. The minimum Gasteiger partial charge on any atom is -0.404 e. The summed E-state index contributed by atoms with van der Waals surface area (Å²) >= 11 is 0. The van der Waals surface area contributed by atoms with Crippen LogP contribution in [0.25, 0.3) is 0 Å². The average molecular weight is 337 g/mol. The summed E-state index contributed by atoms with van der Waals surface area (Å²) in [7, 11) is -2.05. The Morgan fingerprint density at radius 2 is 2.00 bits per heavy atom. The molecule has 0 heterocycles. The summed E-state index contributed by atoms with van der Waals surface area (Å²) in [4.78, 5) is 37.5. The zero-order valence-electron chi connectivity index (χ0n) is 14.5. The molecule has 3 fully saturated rings. The molecule has 0 aliphatic heterocycles. The summed E-state index contributed by atoms with van der Waals surface area (Å²) in [6.07, 6.45) is 6.62. The van der Waals surface area contributed by atoms with Crippen molar-refractivity contribution in [2.24, 2.45) is 17.3 Å². The first-order chi connectivity index (χ1) is 10.8. The molecule has 4 nitrogen and oxygen atoms in total. The maximum absolute atomic E-state index is 13.2. The maximum atomic E-state index is 13.2. The van der Waals surface area contributed by atoms with E-state index in [1.54, 1.807) is 0 Å². The molecule has 5 heteroatoms. The zero-order chi connectivity index (χ0) is 16.9. The Bertz CT molecular complexity index is 538. The number of rotatable bonds is 5. The van der Waals surface area contributed by atoms with Crippen LogP contribution in [0.4, 0.5) is 0 Å². The van der Waals surface area contributed by atoms with Crippen LogP contribution >= 0.6 is 0 Å². The first-order valence-electron chi connectivity index (χ1n) is 8.98. The van der Waals surface area contributed by atoms with Gasteiger partial charge in [0.1, 0.15) is 17.7 Å². The Labute approximate surface area is 139 Å². The van der Waals surface area contributed by atoms with Crippen LogP contribution in [0.1, 0.15) is 51.4 Å². The van der Waals surface area contributed by atoms with Crippen LogP contribution in [0.2, 0.25) is 19.6 Å². The van der Waals surface area contributed by atoms with Crippen LogP contribution in [0, 0.1) is 17.3 Å². The molecule has 0 N–H and O–H groups in total. The van der Waals surface area contributed by atoms with E-state index in [-0.39, 0.29) is 23.4 Å². The Morgan fingerprint density at radius 1 is 1.26 bits per heavy atom. The van der Waals surface area contributed by atoms with E-state index in [4.69, 9.17) is 4.43 Å². The topological polar surface area (TPSA) is 60.4 Å². The van der Waals surface area contributed by atoms with Crippen molar-refractivity contribution in [3.8, 4) is 0 Å². The normalized spacial score (nSPS) is 40.1. The lowest BCUT2D eigenvalue weighted by molar-refractivity contribution is -0.175. The highest BCUT2D eigenvalue weighted by Crippen LogP contribution is 2.64. The maximum Gasteiger partial charge on any atom is 0.185 e. The van der Waals surface area contributed by atoms with Gasteiger partial charge in [-0.1, -0.05) is 12.8 Å². The van der Waals surface area contributed by atoms with Gasteiger partial charge in [0, 0.05) is 18.8 Å². The van der Waals surface area contributed by atoms with Crippen LogP contribution in [0.3, 0.4) is 0 Å². The van der Waals surface area contributed by atoms with Crippen molar-refractivity contribution >= 4 is 26.2 Å². The monoisotopic (exact) mass is 336 g/mol. The van der Waals surface area contributed by atoms with E-state index in [0.717, 1.165) is 38.4 Å². The van der Waals surface area contributed by atoms with Gasteiger partial charge in [0.2, 0.25) is 0 Å². The fourth-order valence-corrected chi connectivity index (χ4v) is 7.04. The van der Waals surface area contributed by atoms with Crippen LogP contribution in [0.5, 0.6) is 0 Å². The lowest BCUT2D eigenvalue weighted by Gasteiger charge is -2.55. The summed E-state index contributed by atoms with van der Waals surface area (Å²) in [5.41, 5.74) is -1.68. The van der Waals surface area contributed by atoms with Crippen LogP contribution in [-0.4, -0.2) is 31.8 Å². The van der Waals surface area contributed by atoms with Gasteiger partial charge in [-0.25, -0.2) is 0 Å². The molecule has 1 spiro atoms. The highest BCUT2D eigenvalue weighted by atomic mass is 28.4. The summed E-state index contributed by atoms with van der Waals surface area (Å²) in [6.45, 7) is 6.22. The number of hydrogen-bond acceptors (Lipinski definition) is 4. The molecule has 0 aromatic rings. The van der Waals surface area contributed by atoms with Crippen LogP contribution in [-0.2, 0) is 18.8 Å². The first-order valence-corrected chi connectivity index (χ1v) is 12.4. The number of hydrogen-bond donors (Lipinski definition) is 0. The highest BCUT2D eigenvalue weighted by Gasteiger charge is 2.72. The molecule has 4 atom stereocenters. The van der Waals surface area contributed by atoms with Crippen molar-refractivity contribution < 1.29 is 18.8 Å². The molecule has 2 bridgehead atoms. The molecular weight excluding hydrogens is 308 g/mol. The van der Waals surface area contributed by atoms with Gasteiger partial charge >= 0.3 is 0 Å². The predicted molar refractivity (Wildman–Crippen MR) is 89.6 cm³/mol. The van der Waals surface area contributed by atoms with E-state index >= 15 is 0 Å². The third kappa shape index (κ3) is 2.38. The Hall–Kier alpha value is -0.813. The second-order valence-electron chi connectivity index (χ2n) is 8.59. The van der Waals surface area contributed by atoms with Gasteiger partial charge in [0.25, 0.3) is 0 Å². The Morgan fingerprint density at radius 3 is 2.65 bits per heavy atom. The number of carbonyl (C=O) groups is 3. The van der Waals surface area contributed by atoms with Gasteiger partial charge in [-0.3, -0.25) is 9.59 Å². The van der Waals surface area contributed by atoms with Crippen LogP contribution < -0.4 is 0 Å². The molecular formula is C18H28O4Si. The van der Waals surface area contributed by atoms with Gasteiger partial charge in [-0.15, -0.1) is 0 Å². The average Bonchev–Trinajstić information content (AvgIpc) is 2.70. The molecule has 0 amide bonds. The minimum atomic E-state index is -2.05.